The number of nitrogens with zero attached hydrogens (tertiary/aromatic N) is 3. The second-order valence-electron chi connectivity index (χ2n) is 4.48. The summed E-state index contributed by atoms with van der Waals surface area (Å²) in [5.74, 6) is -0.480. The summed E-state index contributed by atoms with van der Waals surface area (Å²) >= 11 is 0. The Bertz CT molecular complexity index is 669. The Hall–Kier alpha value is -2.57. The van der Waals surface area contributed by atoms with Crippen LogP contribution in [0, 0.1) is 5.82 Å². The highest BCUT2D eigenvalue weighted by atomic mass is 19.1. The molecule has 6 nitrogen and oxygen atoms in total. The van der Waals surface area contributed by atoms with E-state index in [0.29, 0.717) is 18.1 Å². The van der Waals surface area contributed by atoms with Crippen molar-refractivity contribution in [1.29, 1.82) is 0 Å². The number of aromatic nitrogens is 2. The van der Waals surface area contributed by atoms with Crippen LogP contribution in [0.25, 0.3) is 5.69 Å². The Morgan fingerprint density at radius 1 is 1.52 bits per heavy atom. The Kier molecular flexibility index (Phi) is 4.11. The Morgan fingerprint density at radius 3 is 2.81 bits per heavy atom. The van der Waals surface area contributed by atoms with Gasteiger partial charge in [0.2, 0.25) is 0 Å². The molecule has 7 heteroatoms. The van der Waals surface area contributed by atoms with Crippen molar-refractivity contribution in [1.82, 2.24) is 9.78 Å². The van der Waals surface area contributed by atoms with Gasteiger partial charge in [0.15, 0.2) is 5.82 Å². The number of carbonyl (C=O) groups excluding carboxylic acids is 1. The number of hydrogen-bond acceptors (Lipinski definition) is 5. The van der Waals surface area contributed by atoms with Crippen molar-refractivity contribution < 1.29 is 13.9 Å². The van der Waals surface area contributed by atoms with Crippen LogP contribution in [0.5, 0.6) is 0 Å². The summed E-state index contributed by atoms with van der Waals surface area (Å²) in [5, 5.41) is 4.31. The van der Waals surface area contributed by atoms with Crippen LogP contribution in [-0.2, 0) is 4.74 Å². The first-order chi connectivity index (χ1) is 9.99. The van der Waals surface area contributed by atoms with E-state index in [1.165, 1.54) is 23.9 Å². The highest BCUT2D eigenvalue weighted by Crippen LogP contribution is 2.28. The van der Waals surface area contributed by atoms with Gasteiger partial charge in [0.1, 0.15) is 17.2 Å². The molecule has 0 atom stereocenters. The smallest absolute Gasteiger partial charge is 0.345 e. The monoisotopic (exact) mass is 292 g/mol. The molecule has 2 N–H and O–H groups in total. The summed E-state index contributed by atoms with van der Waals surface area (Å²) in [6, 6.07) is 5.82. The van der Waals surface area contributed by atoms with E-state index in [0.717, 1.165) is 0 Å². The molecule has 0 aliphatic heterocycles. The first-order valence-corrected chi connectivity index (χ1v) is 6.43. The molecule has 1 heterocycles. The molecule has 0 aliphatic carbocycles. The quantitative estimate of drug-likeness (QED) is 0.870. The average molecular weight is 292 g/mol. The summed E-state index contributed by atoms with van der Waals surface area (Å²) in [6.07, 6.45) is 0. The van der Waals surface area contributed by atoms with Gasteiger partial charge >= 0.3 is 5.97 Å². The van der Waals surface area contributed by atoms with Gasteiger partial charge < -0.3 is 15.4 Å². The predicted molar refractivity (Wildman–Crippen MR) is 78.2 cm³/mol. The van der Waals surface area contributed by atoms with Crippen LogP contribution >= 0.6 is 0 Å². The van der Waals surface area contributed by atoms with Crippen molar-refractivity contribution in [3.63, 3.8) is 0 Å². The van der Waals surface area contributed by atoms with E-state index in [1.807, 2.05) is 6.92 Å². The van der Waals surface area contributed by atoms with Crippen molar-refractivity contribution >= 4 is 17.6 Å². The molecule has 0 saturated heterocycles. The minimum absolute atomic E-state index is 0.114. The zero-order chi connectivity index (χ0) is 15.6. The average Bonchev–Trinajstić information content (AvgIpc) is 2.83. The predicted octanol–water partition coefficient (Wildman–Crippen LogP) is 1.84. The number of halogens is 1. The molecule has 1 aromatic carbocycles. The number of rotatable bonds is 4. The van der Waals surface area contributed by atoms with Crippen LogP contribution in [-0.4, -0.2) is 36.5 Å². The lowest BCUT2D eigenvalue weighted by Gasteiger charge is -2.14. The summed E-state index contributed by atoms with van der Waals surface area (Å²) in [4.78, 5) is 13.7. The highest BCUT2D eigenvalue weighted by Gasteiger charge is 2.25. The topological polar surface area (TPSA) is 73.4 Å². The zero-order valence-corrected chi connectivity index (χ0v) is 12.1. The normalized spacial score (nSPS) is 10.5. The summed E-state index contributed by atoms with van der Waals surface area (Å²) in [7, 11) is 3.06. The van der Waals surface area contributed by atoms with Crippen molar-refractivity contribution in [2.75, 3.05) is 31.3 Å². The molecular weight excluding hydrogens is 275 g/mol. The maximum Gasteiger partial charge on any atom is 0.345 e. The third kappa shape index (κ3) is 2.67. The van der Waals surface area contributed by atoms with Crippen LogP contribution in [0.1, 0.15) is 17.3 Å². The molecule has 21 heavy (non-hydrogen) atoms. The van der Waals surface area contributed by atoms with E-state index in [1.54, 1.807) is 24.1 Å². The molecular formula is C14H17FN4O2. The number of nitrogen functional groups attached to an aromatic ring is 1. The summed E-state index contributed by atoms with van der Waals surface area (Å²) < 4.78 is 19.4. The molecule has 0 spiro atoms. The van der Waals surface area contributed by atoms with Crippen molar-refractivity contribution in [3.8, 4) is 5.69 Å². The Morgan fingerprint density at radius 2 is 2.24 bits per heavy atom. The van der Waals surface area contributed by atoms with E-state index in [9.17, 15) is 9.18 Å². The van der Waals surface area contributed by atoms with E-state index in [4.69, 9.17) is 10.5 Å². The van der Waals surface area contributed by atoms with E-state index in [2.05, 4.69) is 5.10 Å². The molecule has 0 saturated carbocycles. The van der Waals surface area contributed by atoms with E-state index in [-0.39, 0.29) is 11.4 Å². The number of carbonyl (C=O) groups is 1. The summed E-state index contributed by atoms with van der Waals surface area (Å²) in [5.41, 5.74) is 6.62. The molecule has 2 rings (SSSR count). The standard InChI is InChI=1S/C14H17FN4O2/c1-4-18(2)13-11(14(20)21-3)12(16)19(17-13)10-7-5-6-9(15)8-10/h5-8H,4,16H2,1-3H3. The fourth-order valence-corrected chi connectivity index (χ4v) is 1.94. The lowest BCUT2D eigenvalue weighted by atomic mass is 10.2. The molecule has 1 aromatic heterocycles. The van der Waals surface area contributed by atoms with Crippen LogP contribution in [0.4, 0.5) is 16.0 Å². The van der Waals surface area contributed by atoms with Gasteiger partial charge in [0.25, 0.3) is 0 Å². The molecule has 0 fully saturated rings. The lowest BCUT2D eigenvalue weighted by Crippen LogP contribution is -2.19. The number of anilines is 2. The number of hydrogen-bond donors (Lipinski definition) is 1. The number of esters is 1. The van der Waals surface area contributed by atoms with Gasteiger partial charge in [-0.2, -0.15) is 0 Å². The second kappa shape index (κ2) is 5.82. The number of benzene rings is 1. The molecule has 0 unspecified atom stereocenters. The lowest BCUT2D eigenvalue weighted by molar-refractivity contribution is 0.0602. The molecule has 0 bridgehead atoms. The molecule has 2 aromatic rings. The van der Waals surface area contributed by atoms with Gasteiger partial charge in [0, 0.05) is 13.6 Å². The number of methoxy groups -OCH3 is 1. The van der Waals surface area contributed by atoms with E-state index >= 15 is 0 Å². The molecule has 0 aliphatic rings. The van der Waals surface area contributed by atoms with E-state index < -0.39 is 11.8 Å². The van der Waals surface area contributed by atoms with Crippen molar-refractivity contribution in [3.05, 3.63) is 35.6 Å². The third-order valence-electron chi connectivity index (χ3n) is 3.18. The third-order valence-corrected chi connectivity index (χ3v) is 3.18. The number of ether oxygens (including phenoxy) is 1. The van der Waals surface area contributed by atoms with Crippen LogP contribution in [0.3, 0.4) is 0 Å². The van der Waals surface area contributed by atoms with Crippen LogP contribution < -0.4 is 10.6 Å². The van der Waals surface area contributed by atoms with Gasteiger partial charge in [-0.05, 0) is 25.1 Å². The maximum atomic E-state index is 13.4. The van der Waals surface area contributed by atoms with Crippen molar-refractivity contribution in [2.24, 2.45) is 0 Å². The maximum absolute atomic E-state index is 13.4. The minimum atomic E-state index is -0.578. The fourth-order valence-electron chi connectivity index (χ4n) is 1.94. The SMILES string of the molecule is CCN(C)c1nn(-c2cccc(F)c2)c(N)c1C(=O)OC. The summed E-state index contributed by atoms with van der Waals surface area (Å²) in [6.45, 7) is 2.54. The highest BCUT2D eigenvalue weighted by molar-refractivity contribution is 6.00. The van der Waals surface area contributed by atoms with Gasteiger partial charge in [-0.25, -0.2) is 13.9 Å². The molecule has 0 amide bonds. The molecule has 0 radical (unpaired) electrons. The second-order valence-corrected chi connectivity index (χ2v) is 4.48. The first-order valence-electron chi connectivity index (χ1n) is 6.43. The minimum Gasteiger partial charge on any atom is -0.465 e. The van der Waals surface area contributed by atoms with Gasteiger partial charge in [-0.3, -0.25) is 0 Å². The van der Waals surface area contributed by atoms with Gasteiger partial charge in [-0.15, -0.1) is 5.10 Å². The Balaban J connectivity index is 2.63. The van der Waals surface area contributed by atoms with Gasteiger partial charge in [-0.1, -0.05) is 6.07 Å². The Labute approximate surface area is 121 Å². The zero-order valence-electron chi connectivity index (χ0n) is 12.1. The van der Waals surface area contributed by atoms with Gasteiger partial charge in [0.05, 0.1) is 12.8 Å². The first kappa shape index (κ1) is 14.8. The van der Waals surface area contributed by atoms with Crippen LogP contribution in [0.15, 0.2) is 24.3 Å². The van der Waals surface area contributed by atoms with Crippen LogP contribution in [0.2, 0.25) is 0 Å². The fraction of sp³-hybridized carbons (Fsp3) is 0.286. The largest absolute Gasteiger partial charge is 0.465 e. The number of nitrogens with two attached hydrogens (primary N) is 1. The molecule has 112 valence electrons. The van der Waals surface area contributed by atoms with Crippen molar-refractivity contribution in [2.45, 2.75) is 6.92 Å².